The predicted molar refractivity (Wildman–Crippen MR) is 77.5 cm³/mol. The Bertz CT molecular complexity index is 576. The van der Waals surface area contributed by atoms with Gasteiger partial charge in [0.25, 0.3) is 10.2 Å². The molecular formula is C13H19N3O4S. The smallest absolute Gasteiger partial charge is 0.407 e. The summed E-state index contributed by atoms with van der Waals surface area (Å²) in [5, 5.41) is 7.76. The minimum Gasteiger partial charge on any atom is -0.445 e. The Kier molecular flexibility index (Phi) is 5.16. The summed E-state index contributed by atoms with van der Waals surface area (Å²) in [5.74, 6) is 0. The lowest BCUT2D eigenvalue weighted by Crippen LogP contribution is -2.51. The second kappa shape index (κ2) is 6.88. The van der Waals surface area contributed by atoms with Gasteiger partial charge in [0, 0.05) is 19.1 Å². The van der Waals surface area contributed by atoms with Gasteiger partial charge in [-0.05, 0) is 18.4 Å². The van der Waals surface area contributed by atoms with Crippen LogP contribution in [0.5, 0.6) is 0 Å². The molecule has 1 aliphatic rings. The number of ether oxygens (including phenoxy) is 1. The highest BCUT2D eigenvalue weighted by molar-refractivity contribution is 7.86. The van der Waals surface area contributed by atoms with Crippen molar-refractivity contribution in [2.24, 2.45) is 5.14 Å². The first-order valence-corrected chi connectivity index (χ1v) is 8.20. The lowest BCUT2D eigenvalue weighted by atomic mass is 10.1. The molecule has 0 unspecified atom stereocenters. The monoisotopic (exact) mass is 313 g/mol. The van der Waals surface area contributed by atoms with Gasteiger partial charge in [0.15, 0.2) is 0 Å². The molecule has 0 spiro atoms. The highest BCUT2D eigenvalue weighted by Crippen LogP contribution is 2.12. The SMILES string of the molecule is NS(=O)(=O)N1CCC[C@@H](NC(=O)OCc2ccccc2)C1. The summed E-state index contributed by atoms with van der Waals surface area (Å²) in [7, 11) is -3.71. The van der Waals surface area contributed by atoms with E-state index in [-0.39, 0.29) is 19.2 Å². The van der Waals surface area contributed by atoms with Gasteiger partial charge in [0.1, 0.15) is 6.61 Å². The van der Waals surface area contributed by atoms with Crippen molar-refractivity contribution in [1.82, 2.24) is 9.62 Å². The van der Waals surface area contributed by atoms with Crippen LogP contribution in [-0.4, -0.2) is 37.9 Å². The average Bonchev–Trinajstić information content (AvgIpc) is 2.46. The van der Waals surface area contributed by atoms with Crippen LogP contribution in [0.3, 0.4) is 0 Å². The molecule has 8 heteroatoms. The summed E-state index contributed by atoms with van der Waals surface area (Å²) in [4.78, 5) is 11.7. The Morgan fingerprint density at radius 2 is 2.10 bits per heavy atom. The highest BCUT2D eigenvalue weighted by atomic mass is 32.2. The van der Waals surface area contributed by atoms with Crippen LogP contribution in [0.1, 0.15) is 18.4 Å². The summed E-state index contributed by atoms with van der Waals surface area (Å²) in [6.45, 7) is 0.744. The van der Waals surface area contributed by atoms with Gasteiger partial charge in [0.2, 0.25) is 0 Å². The van der Waals surface area contributed by atoms with Gasteiger partial charge in [-0.2, -0.15) is 12.7 Å². The molecule has 0 aliphatic carbocycles. The van der Waals surface area contributed by atoms with Gasteiger partial charge >= 0.3 is 6.09 Å². The van der Waals surface area contributed by atoms with Crippen LogP contribution in [0.15, 0.2) is 30.3 Å². The number of piperidine rings is 1. The van der Waals surface area contributed by atoms with Crippen molar-refractivity contribution in [1.29, 1.82) is 0 Å². The van der Waals surface area contributed by atoms with E-state index in [0.717, 1.165) is 5.56 Å². The zero-order chi connectivity index (χ0) is 15.3. The number of amides is 1. The van der Waals surface area contributed by atoms with Gasteiger partial charge in [0.05, 0.1) is 0 Å². The van der Waals surface area contributed by atoms with Gasteiger partial charge in [-0.3, -0.25) is 0 Å². The van der Waals surface area contributed by atoms with E-state index in [9.17, 15) is 13.2 Å². The van der Waals surface area contributed by atoms with Crippen LogP contribution >= 0.6 is 0 Å². The average molecular weight is 313 g/mol. The molecule has 1 aromatic carbocycles. The second-order valence-electron chi connectivity index (χ2n) is 4.95. The normalized spacial score (nSPS) is 20.0. The fourth-order valence-electron chi connectivity index (χ4n) is 2.22. The van der Waals surface area contributed by atoms with Crippen molar-refractivity contribution in [2.45, 2.75) is 25.5 Å². The van der Waals surface area contributed by atoms with Crippen molar-refractivity contribution in [2.75, 3.05) is 13.1 Å². The van der Waals surface area contributed by atoms with Gasteiger partial charge in [-0.25, -0.2) is 9.93 Å². The first-order chi connectivity index (χ1) is 9.95. The Morgan fingerprint density at radius 1 is 1.38 bits per heavy atom. The topological polar surface area (TPSA) is 102 Å². The minimum absolute atomic E-state index is 0.179. The van der Waals surface area contributed by atoms with Gasteiger partial charge in [-0.15, -0.1) is 0 Å². The van der Waals surface area contributed by atoms with E-state index >= 15 is 0 Å². The first kappa shape index (κ1) is 15.7. The maximum Gasteiger partial charge on any atom is 0.407 e. The molecular weight excluding hydrogens is 294 g/mol. The highest BCUT2D eigenvalue weighted by Gasteiger charge is 2.27. The van der Waals surface area contributed by atoms with E-state index in [2.05, 4.69) is 5.32 Å². The van der Waals surface area contributed by atoms with Crippen LogP contribution in [-0.2, 0) is 21.6 Å². The van der Waals surface area contributed by atoms with Crippen LogP contribution in [0.4, 0.5) is 4.79 Å². The number of hydrogen-bond donors (Lipinski definition) is 2. The lowest BCUT2D eigenvalue weighted by Gasteiger charge is -2.30. The van der Waals surface area contributed by atoms with Crippen molar-refractivity contribution < 1.29 is 17.9 Å². The molecule has 0 aromatic heterocycles. The van der Waals surface area contributed by atoms with E-state index in [1.165, 1.54) is 4.31 Å². The molecule has 1 saturated heterocycles. The molecule has 21 heavy (non-hydrogen) atoms. The summed E-state index contributed by atoms with van der Waals surface area (Å²) in [6, 6.07) is 9.05. The number of nitrogens with one attached hydrogen (secondary N) is 1. The van der Waals surface area contributed by atoms with Gasteiger partial charge in [-0.1, -0.05) is 30.3 Å². The molecule has 0 radical (unpaired) electrons. The maximum absolute atomic E-state index is 11.7. The third-order valence-electron chi connectivity index (χ3n) is 3.28. The summed E-state index contributed by atoms with van der Waals surface area (Å²) >= 11 is 0. The third-order valence-corrected chi connectivity index (χ3v) is 4.33. The quantitative estimate of drug-likeness (QED) is 0.849. The van der Waals surface area contributed by atoms with Crippen molar-refractivity contribution in [3.05, 3.63) is 35.9 Å². The van der Waals surface area contributed by atoms with E-state index in [1.54, 1.807) is 0 Å². The fourth-order valence-corrected chi connectivity index (χ4v) is 2.99. The molecule has 1 atom stereocenters. The van der Waals surface area contributed by atoms with E-state index in [4.69, 9.17) is 9.88 Å². The first-order valence-electron chi connectivity index (χ1n) is 6.70. The molecule has 7 nitrogen and oxygen atoms in total. The molecule has 0 bridgehead atoms. The molecule has 1 heterocycles. The summed E-state index contributed by atoms with van der Waals surface area (Å²) in [5.41, 5.74) is 0.891. The lowest BCUT2D eigenvalue weighted by molar-refractivity contribution is 0.131. The largest absolute Gasteiger partial charge is 0.445 e. The zero-order valence-corrected chi connectivity index (χ0v) is 12.4. The van der Waals surface area contributed by atoms with Gasteiger partial charge < -0.3 is 10.1 Å². The van der Waals surface area contributed by atoms with Crippen molar-refractivity contribution in [3.8, 4) is 0 Å². The number of rotatable bonds is 4. The second-order valence-corrected chi connectivity index (χ2v) is 6.49. The van der Waals surface area contributed by atoms with Crippen LogP contribution in [0.2, 0.25) is 0 Å². The minimum atomic E-state index is -3.71. The molecule has 116 valence electrons. The summed E-state index contributed by atoms with van der Waals surface area (Å²) < 4.78 is 28.8. The summed E-state index contributed by atoms with van der Waals surface area (Å²) in [6.07, 6.45) is 0.798. The number of nitrogens with two attached hydrogens (primary N) is 1. The number of nitrogens with zero attached hydrogens (tertiary/aromatic N) is 1. The molecule has 1 amide bonds. The molecule has 0 saturated carbocycles. The molecule has 1 fully saturated rings. The predicted octanol–water partition coefficient (Wildman–Crippen LogP) is 0.581. The van der Waals surface area contributed by atoms with Crippen LogP contribution in [0, 0.1) is 0 Å². The Hall–Kier alpha value is -1.64. The molecule has 2 rings (SSSR count). The van der Waals surface area contributed by atoms with E-state index in [1.807, 2.05) is 30.3 Å². The maximum atomic E-state index is 11.7. The number of carbonyl (C=O) groups is 1. The van der Waals surface area contributed by atoms with Crippen molar-refractivity contribution >= 4 is 16.3 Å². The Morgan fingerprint density at radius 3 is 2.76 bits per heavy atom. The van der Waals surface area contributed by atoms with Crippen molar-refractivity contribution in [3.63, 3.8) is 0 Å². The molecule has 1 aliphatic heterocycles. The molecule has 3 N–H and O–H groups in total. The van der Waals surface area contributed by atoms with Crippen LogP contribution < -0.4 is 10.5 Å². The number of benzene rings is 1. The Labute approximate surface area is 124 Å². The van der Waals surface area contributed by atoms with E-state index in [0.29, 0.717) is 19.4 Å². The zero-order valence-electron chi connectivity index (χ0n) is 11.6. The standard InChI is InChI=1S/C13H19N3O4S/c14-21(18,19)16-8-4-7-12(9-16)15-13(17)20-10-11-5-2-1-3-6-11/h1-3,5-6,12H,4,7-10H2,(H,15,17)(H2,14,18,19)/t12-/m1/s1. The number of hydrogen-bond acceptors (Lipinski definition) is 4. The number of carbonyl (C=O) groups excluding carboxylic acids is 1. The van der Waals surface area contributed by atoms with E-state index < -0.39 is 16.3 Å². The number of alkyl carbamates (subject to hydrolysis) is 1. The third kappa shape index (κ3) is 5.00. The fraction of sp³-hybridized carbons (Fsp3) is 0.462. The van der Waals surface area contributed by atoms with Crippen LogP contribution in [0.25, 0.3) is 0 Å². The Balaban J connectivity index is 1.80. The molecule has 1 aromatic rings.